The minimum Gasteiger partial charge on any atom is -0.493 e. The Balaban J connectivity index is 2.57. The SMILES string of the molecule is COC(=O)c1c(F)ccc2c1CCO2. The van der Waals surface area contributed by atoms with Gasteiger partial charge in [0, 0.05) is 12.0 Å². The molecule has 0 unspecified atom stereocenters. The summed E-state index contributed by atoms with van der Waals surface area (Å²) in [6.07, 6.45) is 0.553. The number of hydrogen-bond donors (Lipinski definition) is 0. The lowest BCUT2D eigenvalue weighted by molar-refractivity contribution is 0.0594. The van der Waals surface area contributed by atoms with Gasteiger partial charge in [-0.05, 0) is 12.1 Å². The number of esters is 1. The molecule has 14 heavy (non-hydrogen) atoms. The van der Waals surface area contributed by atoms with E-state index in [1.807, 2.05) is 0 Å². The third-order valence-corrected chi connectivity index (χ3v) is 2.22. The molecule has 0 radical (unpaired) electrons. The zero-order chi connectivity index (χ0) is 10.1. The molecule has 0 saturated heterocycles. The van der Waals surface area contributed by atoms with Gasteiger partial charge in [0.15, 0.2) is 0 Å². The topological polar surface area (TPSA) is 35.5 Å². The number of hydrogen-bond acceptors (Lipinski definition) is 3. The van der Waals surface area contributed by atoms with E-state index in [9.17, 15) is 9.18 Å². The maximum Gasteiger partial charge on any atom is 0.341 e. The quantitative estimate of drug-likeness (QED) is 0.639. The second kappa shape index (κ2) is 3.29. The molecule has 4 heteroatoms. The van der Waals surface area contributed by atoms with Crippen molar-refractivity contribution >= 4 is 5.97 Å². The van der Waals surface area contributed by atoms with Gasteiger partial charge in [-0.2, -0.15) is 0 Å². The fourth-order valence-electron chi connectivity index (χ4n) is 1.57. The molecule has 0 bridgehead atoms. The van der Waals surface area contributed by atoms with Gasteiger partial charge >= 0.3 is 5.97 Å². The van der Waals surface area contributed by atoms with Crippen molar-refractivity contribution in [3.05, 3.63) is 29.1 Å². The van der Waals surface area contributed by atoms with Crippen molar-refractivity contribution in [2.75, 3.05) is 13.7 Å². The third-order valence-electron chi connectivity index (χ3n) is 2.22. The highest BCUT2D eigenvalue weighted by Gasteiger charge is 2.24. The van der Waals surface area contributed by atoms with Gasteiger partial charge in [-0.25, -0.2) is 9.18 Å². The van der Waals surface area contributed by atoms with Gasteiger partial charge in [-0.3, -0.25) is 0 Å². The molecule has 0 saturated carbocycles. The van der Waals surface area contributed by atoms with Crippen LogP contribution < -0.4 is 4.74 Å². The Morgan fingerprint density at radius 2 is 2.36 bits per heavy atom. The molecule has 0 aromatic heterocycles. The number of ether oxygens (including phenoxy) is 2. The monoisotopic (exact) mass is 196 g/mol. The Morgan fingerprint density at radius 3 is 3.07 bits per heavy atom. The second-order valence-corrected chi connectivity index (χ2v) is 2.99. The van der Waals surface area contributed by atoms with Gasteiger partial charge in [0.05, 0.1) is 13.7 Å². The molecule has 0 aliphatic carbocycles. The number of halogens is 1. The summed E-state index contributed by atoms with van der Waals surface area (Å²) >= 11 is 0. The van der Waals surface area contributed by atoms with Crippen molar-refractivity contribution in [3.63, 3.8) is 0 Å². The van der Waals surface area contributed by atoms with E-state index in [0.717, 1.165) is 0 Å². The van der Waals surface area contributed by atoms with Crippen LogP contribution in [0.1, 0.15) is 15.9 Å². The molecule has 0 atom stereocenters. The van der Waals surface area contributed by atoms with Crippen LogP contribution in [0.2, 0.25) is 0 Å². The van der Waals surface area contributed by atoms with Crippen LogP contribution in [0.15, 0.2) is 12.1 Å². The number of benzene rings is 1. The van der Waals surface area contributed by atoms with Crippen molar-refractivity contribution in [1.82, 2.24) is 0 Å². The summed E-state index contributed by atoms with van der Waals surface area (Å²) in [5.41, 5.74) is 0.611. The first-order valence-corrected chi connectivity index (χ1v) is 4.26. The van der Waals surface area contributed by atoms with E-state index in [1.165, 1.54) is 19.2 Å². The summed E-state index contributed by atoms with van der Waals surface area (Å²) in [4.78, 5) is 11.3. The average Bonchev–Trinajstić information content (AvgIpc) is 2.64. The first-order chi connectivity index (χ1) is 6.74. The summed E-state index contributed by atoms with van der Waals surface area (Å²) in [7, 11) is 1.23. The van der Waals surface area contributed by atoms with E-state index >= 15 is 0 Å². The Bertz CT molecular complexity index is 387. The molecule has 1 aliphatic heterocycles. The Labute approximate surface area is 80.4 Å². The lowest BCUT2D eigenvalue weighted by Crippen LogP contribution is -2.07. The average molecular weight is 196 g/mol. The van der Waals surface area contributed by atoms with Crippen LogP contribution >= 0.6 is 0 Å². The van der Waals surface area contributed by atoms with Crippen molar-refractivity contribution < 1.29 is 18.7 Å². The molecule has 0 amide bonds. The van der Waals surface area contributed by atoms with Gasteiger partial charge in [-0.15, -0.1) is 0 Å². The van der Waals surface area contributed by atoms with Gasteiger partial charge in [0.2, 0.25) is 0 Å². The van der Waals surface area contributed by atoms with Crippen LogP contribution in [-0.2, 0) is 11.2 Å². The van der Waals surface area contributed by atoms with Crippen molar-refractivity contribution in [2.24, 2.45) is 0 Å². The number of carbonyl (C=O) groups is 1. The van der Waals surface area contributed by atoms with E-state index < -0.39 is 11.8 Å². The van der Waals surface area contributed by atoms with Crippen molar-refractivity contribution in [1.29, 1.82) is 0 Å². The maximum atomic E-state index is 13.3. The number of fused-ring (bicyclic) bond motifs is 1. The predicted octanol–water partition coefficient (Wildman–Crippen LogP) is 1.55. The maximum absolute atomic E-state index is 13.3. The zero-order valence-corrected chi connectivity index (χ0v) is 7.67. The van der Waals surface area contributed by atoms with E-state index in [1.54, 1.807) is 0 Å². The van der Waals surface area contributed by atoms with Gasteiger partial charge < -0.3 is 9.47 Å². The molecular formula is C10H9FO3. The highest BCUT2D eigenvalue weighted by atomic mass is 19.1. The molecule has 3 nitrogen and oxygen atoms in total. The minimum atomic E-state index is -0.648. The molecule has 1 aromatic rings. The first-order valence-electron chi connectivity index (χ1n) is 4.26. The van der Waals surface area contributed by atoms with Crippen molar-refractivity contribution in [3.8, 4) is 5.75 Å². The molecule has 74 valence electrons. The molecule has 0 spiro atoms. The number of carbonyl (C=O) groups excluding carboxylic acids is 1. The smallest absolute Gasteiger partial charge is 0.341 e. The molecule has 0 N–H and O–H groups in total. The summed E-state index contributed by atoms with van der Waals surface area (Å²) in [5, 5.41) is 0. The van der Waals surface area contributed by atoms with Gasteiger partial charge in [0.1, 0.15) is 17.1 Å². The summed E-state index contributed by atoms with van der Waals surface area (Å²) in [6, 6.07) is 2.75. The lowest BCUT2D eigenvalue weighted by atomic mass is 10.0. The largest absolute Gasteiger partial charge is 0.493 e. The molecule has 1 aromatic carbocycles. The van der Waals surface area contributed by atoms with E-state index in [0.29, 0.717) is 24.3 Å². The minimum absolute atomic E-state index is 0.00231. The van der Waals surface area contributed by atoms with Crippen LogP contribution in [0.4, 0.5) is 4.39 Å². The van der Waals surface area contributed by atoms with Crippen LogP contribution in [0.5, 0.6) is 5.75 Å². The summed E-state index contributed by atoms with van der Waals surface area (Å²) < 4.78 is 23.0. The Hall–Kier alpha value is -1.58. The molecule has 2 rings (SSSR count). The fourth-order valence-corrected chi connectivity index (χ4v) is 1.57. The molecule has 0 fully saturated rings. The molecule has 1 aliphatic rings. The lowest BCUT2D eigenvalue weighted by Gasteiger charge is -2.05. The van der Waals surface area contributed by atoms with E-state index in [4.69, 9.17) is 4.74 Å². The van der Waals surface area contributed by atoms with Gasteiger partial charge in [-0.1, -0.05) is 0 Å². The normalized spacial score (nSPS) is 13.3. The van der Waals surface area contributed by atoms with Crippen LogP contribution in [0.3, 0.4) is 0 Å². The predicted molar refractivity (Wildman–Crippen MR) is 46.9 cm³/mol. The van der Waals surface area contributed by atoms with E-state index in [2.05, 4.69) is 4.74 Å². The third kappa shape index (κ3) is 1.23. The Kier molecular flexibility index (Phi) is 2.11. The molecule has 1 heterocycles. The van der Waals surface area contributed by atoms with E-state index in [-0.39, 0.29) is 5.56 Å². The van der Waals surface area contributed by atoms with Crippen LogP contribution in [-0.4, -0.2) is 19.7 Å². The van der Waals surface area contributed by atoms with Crippen LogP contribution in [0.25, 0.3) is 0 Å². The number of methoxy groups -OCH3 is 1. The van der Waals surface area contributed by atoms with Crippen molar-refractivity contribution in [2.45, 2.75) is 6.42 Å². The highest BCUT2D eigenvalue weighted by Crippen LogP contribution is 2.30. The number of rotatable bonds is 1. The second-order valence-electron chi connectivity index (χ2n) is 2.99. The molecular weight excluding hydrogens is 187 g/mol. The summed E-state index contributed by atoms with van der Waals surface area (Å²) in [6.45, 7) is 0.489. The van der Waals surface area contributed by atoms with Gasteiger partial charge in [0.25, 0.3) is 0 Å². The van der Waals surface area contributed by atoms with Crippen LogP contribution in [0, 0.1) is 5.82 Å². The first kappa shape index (κ1) is 8.99. The highest BCUT2D eigenvalue weighted by molar-refractivity contribution is 5.92. The standard InChI is InChI=1S/C10H9FO3/c1-13-10(12)9-6-4-5-14-8(6)3-2-7(9)11/h2-3H,4-5H2,1H3. The fraction of sp³-hybridized carbons (Fsp3) is 0.300. The summed E-state index contributed by atoms with van der Waals surface area (Å²) in [5.74, 6) is -0.627. The zero-order valence-electron chi connectivity index (χ0n) is 7.67. The Morgan fingerprint density at radius 1 is 1.57 bits per heavy atom.